The van der Waals surface area contributed by atoms with Gasteiger partial charge in [0.25, 0.3) is 0 Å². The molecule has 7 heteroatoms. The minimum Gasteiger partial charge on any atom is -0.445 e. The van der Waals surface area contributed by atoms with Gasteiger partial charge < -0.3 is 19.3 Å². The number of aryl methyl sites for hydroxylation is 1. The van der Waals surface area contributed by atoms with E-state index in [1.807, 2.05) is 37.3 Å². The smallest absolute Gasteiger partial charge is 0.410 e. The maximum absolute atomic E-state index is 12.3. The molecule has 0 saturated carbocycles. The Labute approximate surface area is 146 Å². The van der Waals surface area contributed by atoms with Crippen molar-refractivity contribution in [2.75, 3.05) is 13.1 Å². The van der Waals surface area contributed by atoms with Crippen LogP contribution in [0.4, 0.5) is 4.79 Å². The molecule has 1 saturated heterocycles. The Bertz CT molecular complexity index is 703. The minimum atomic E-state index is -1.07. The van der Waals surface area contributed by atoms with E-state index in [2.05, 4.69) is 10.1 Å². The van der Waals surface area contributed by atoms with E-state index in [1.165, 1.54) is 0 Å². The van der Waals surface area contributed by atoms with Crippen molar-refractivity contribution in [3.63, 3.8) is 0 Å². The molecule has 1 unspecified atom stereocenters. The van der Waals surface area contributed by atoms with E-state index in [0.29, 0.717) is 37.5 Å². The van der Waals surface area contributed by atoms with Crippen LogP contribution in [0.15, 0.2) is 34.9 Å². The average Bonchev–Trinajstić information content (AvgIpc) is 3.07. The highest BCUT2D eigenvalue weighted by Gasteiger charge is 2.37. The maximum Gasteiger partial charge on any atom is 0.410 e. The normalized spacial score (nSPS) is 20.5. The van der Waals surface area contributed by atoms with Gasteiger partial charge in [-0.2, -0.15) is 4.98 Å². The molecule has 1 aromatic heterocycles. The molecule has 134 valence electrons. The zero-order chi connectivity index (χ0) is 17.7. The van der Waals surface area contributed by atoms with Crippen molar-refractivity contribution in [2.24, 2.45) is 0 Å². The van der Waals surface area contributed by atoms with E-state index in [4.69, 9.17) is 9.26 Å². The molecule has 1 aromatic carbocycles. The first-order valence-electron chi connectivity index (χ1n) is 8.57. The lowest BCUT2D eigenvalue weighted by Crippen LogP contribution is -2.51. The third kappa shape index (κ3) is 4.57. The second-order valence-corrected chi connectivity index (χ2v) is 6.42. The van der Waals surface area contributed by atoms with E-state index >= 15 is 0 Å². The number of rotatable bonds is 5. The fourth-order valence-corrected chi connectivity index (χ4v) is 3.01. The number of likely N-dealkylation sites (tertiary alicyclic amines) is 1. The molecule has 0 aliphatic carbocycles. The lowest BCUT2D eigenvalue weighted by Gasteiger charge is -2.37. The summed E-state index contributed by atoms with van der Waals surface area (Å²) in [5.41, 5.74) is -0.136. The van der Waals surface area contributed by atoms with Crippen LogP contribution in [0, 0.1) is 0 Å². The molecule has 0 bridgehead atoms. The first-order chi connectivity index (χ1) is 12.1. The summed E-state index contributed by atoms with van der Waals surface area (Å²) >= 11 is 0. The highest BCUT2D eigenvalue weighted by Crippen LogP contribution is 2.25. The lowest BCUT2D eigenvalue weighted by molar-refractivity contribution is -0.0343. The van der Waals surface area contributed by atoms with Crippen LogP contribution in [0.25, 0.3) is 0 Å². The maximum atomic E-state index is 12.3. The zero-order valence-electron chi connectivity index (χ0n) is 14.4. The third-order valence-electron chi connectivity index (χ3n) is 4.33. The number of aliphatic hydroxyl groups is 1. The summed E-state index contributed by atoms with van der Waals surface area (Å²) in [6.45, 7) is 2.93. The summed E-state index contributed by atoms with van der Waals surface area (Å²) in [6.07, 6.45) is 1.79. The molecule has 0 spiro atoms. The molecule has 1 amide bonds. The van der Waals surface area contributed by atoms with E-state index in [9.17, 15) is 9.90 Å². The van der Waals surface area contributed by atoms with Crippen molar-refractivity contribution in [3.05, 3.63) is 47.6 Å². The van der Waals surface area contributed by atoms with Crippen molar-refractivity contribution >= 4 is 6.09 Å². The van der Waals surface area contributed by atoms with Crippen molar-refractivity contribution in [2.45, 2.75) is 44.8 Å². The fraction of sp³-hybridized carbons (Fsp3) is 0.500. The summed E-state index contributed by atoms with van der Waals surface area (Å²) in [5.74, 6) is 1.02. The number of aromatic nitrogens is 2. The van der Waals surface area contributed by atoms with Gasteiger partial charge in [-0.05, 0) is 18.4 Å². The molecule has 1 atom stereocenters. The average molecular weight is 345 g/mol. The van der Waals surface area contributed by atoms with Crippen molar-refractivity contribution in [1.82, 2.24) is 15.0 Å². The first kappa shape index (κ1) is 17.4. The molecule has 0 radical (unpaired) electrons. The molecule has 1 aliphatic heterocycles. The van der Waals surface area contributed by atoms with Gasteiger partial charge in [0.15, 0.2) is 5.82 Å². The van der Waals surface area contributed by atoms with E-state index in [1.54, 1.807) is 4.90 Å². The third-order valence-corrected chi connectivity index (χ3v) is 4.33. The second kappa shape index (κ2) is 7.65. The standard InChI is InChI=1S/C18H23N3O4/c1-2-15-19-16(25-20-15)11-18(23)9-6-10-21(13-18)17(22)24-12-14-7-4-3-5-8-14/h3-5,7-8,23H,2,6,9-13H2,1H3. The Morgan fingerprint density at radius 1 is 1.40 bits per heavy atom. The van der Waals surface area contributed by atoms with Gasteiger partial charge in [0.1, 0.15) is 6.61 Å². The molecular weight excluding hydrogens is 322 g/mol. The van der Waals surface area contributed by atoms with Gasteiger partial charge in [-0.3, -0.25) is 0 Å². The summed E-state index contributed by atoms with van der Waals surface area (Å²) < 4.78 is 10.5. The molecule has 7 nitrogen and oxygen atoms in total. The fourth-order valence-electron chi connectivity index (χ4n) is 3.01. The lowest BCUT2D eigenvalue weighted by atomic mass is 9.90. The predicted molar refractivity (Wildman–Crippen MR) is 89.8 cm³/mol. The molecule has 1 aliphatic rings. The molecule has 1 N–H and O–H groups in total. The predicted octanol–water partition coefficient (Wildman–Crippen LogP) is 2.34. The van der Waals surface area contributed by atoms with Gasteiger partial charge >= 0.3 is 6.09 Å². The van der Waals surface area contributed by atoms with Gasteiger partial charge in [0.05, 0.1) is 18.6 Å². The number of β-amino-alcohol motifs (C(OH)–C–C–N with tert-alkyl or cyclic N) is 1. The summed E-state index contributed by atoms with van der Waals surface area (Å²) in [5, 5.41) is 14.7. The Hall–Kier alpha value is -2.41. The largest absolute Gasteiger partial charge is 0.445 e. The Balaban J connectivity index is 1.56. The number of piperidine rings is 1. The van der Waals surface area contributed by atoms with E-state index < -0.39 is 11.7 Å². The number of carbonyl (C=O) groups is 1. The van der Waals surface area contributed by atoms with Crippen LogP contribution < -0.4 is 0 Å². The van der Waals surface area contributed by atoms with E-state index in [0.717, 1.165) is 5.56 Å². The van der Waals surface area contributed by atoms with Crippen molar-refractivity contribution in [3.8, 4) is 0 Å². The number of ether oxygens (including phenoxy) is 1. The summed E-state index contributed by atoms with van der Waals surface area (Å²) in [7, 11) is 0. The minimum absolute atomic E-state index is 0.199. The van der Waals surface area contributed by atoms with Gasteiger partial charge in [-0.1, -0.05) is 42.4 Å². The number of nitrogens with zero attached hydrogens (tertiary/aromatic N) is 3. The van der Waals surface area contributed by atoms with Gasteiger partial charge in [0.2, 0.25) is 5.89 Å². The number of hydrogen-bond donors (Lipinski definition) is 1. The van der Waals surface area contributed by atoms with E-state index in [-0.39, 0.29) is 19.6 Å². The Morgan fingerprint density at radius 3 is 2.92 bits per heavy atom. The van der Waals surface area contributed by atoms with Gasteiger partial charge in [-0.25, -0.2) is 4.79 Å². The number of hydrogen-bond acceptors (Lipinski definition) is 6. The highest BCUT2D eigenvalue weighted by atomic mass is 16.6. The molecule has 2 heterocycles. The Kier molecular flexibility index (Phi) is 5.33. The van der Waals surface area contributed by atoms with Crippen LogP contribution in [0.5, 0.6) is 0 Å². The van der Waals surface area contributed by atoms with Crippen LogP contribution in [0.2, 0.25) is 0 Å². The summed E-state index contributed by atoms with van der Waals surface area (Å²) in [4.78, 5) is 18.1. The SMILES string of the molecule is CCc1noc(CC2(O)CCCN(C(=O)OCc3ccccc3)C2)n1. The molecule has 25 heavy (non-hydrogen) atoms. The Morgan fingerprint density at radius 2 is 2.20 bits per heavy atom. The molecule has 1 fully saturated rings. The zero-order valence-corrected chi connectivity index (χ0v) is 14.4. The summed E-state index contributed by atoms with van der Waals surface area (Å²) in [6, 6.07) is 9.52. The van der Waals surface area contributed by atoms with Crippen molar-refractivity contribution in [1.29, 1.82) is 0 Å². The molecule has 3 rings (SSSR count). The van der Waals surface area contributed by atoms with Gasteiger partial charge in [-0.15, -0.1) is 0 Å². The second-order valence-electron chi connectivity index (χ2n) is 6.42. The number of amides is 1. The first-order valence-corrected chi connectivity index (χ1v) is 8.57. The number of carbonyl (C=O) groups excluding carboxylic acids is 1. The van der Waals surface area contributed by atoms with Crippen LogP contribution in [-0.2, 0) is 24.2 Å². The number of benzene rings is 1. The quantitative estimate of drug-likeness (QED) is 0.895. The molecular formula is C18H23N3O4. The highest BCUT2D eigenvalue weighted by molar-refractivity contribution is 5.68. The topological polar surface area (TPSA) is 88.7 Å². The van der Waals surface area contributed by atoms with Crippen molar-refractivity contribution < 1.29 is 19.2 Å². The van der Waals surface area contributed by atoms with Crippen LogP contribution in [0.3, 0.4) is 0 Å². The van der Waals surface area contributed by atoms with Crippen LogP contribution >= 0.6 is 0 Å². The van der Waals surface area contributed by atoms with Crippen LogP contribution in [-0.4, -0.2) is 44.9 Å². The van der Waals surface area contributed by atoms with Crippen LogP contribution in [0.1, 0.15) is 37.0 Å². The van der Waals surface area contributed by atoms with Gasteiger partial charge in [0, 0.05) is 13.0 Å². The monoisotopic (exact) mass is 345 g/mol. The molecule has 2 aromatic rings.